The number of aryl methyl sites for hydroxylation is 1. The van der Waals surface area contributed by atoms with E-state index in [4.69, 9.17) is 9.47 Å². The van der Waals surface area contributed by atoms with Crippen molar-refractivity contribution in [3.05, 3.63) is 64.7 Å². The van der Waals surface area contributed by atoms with E-state index in [1.54, 1.807) is 25.1 Å². The molecule has 3 rings (SSSR count). The van der Waals surface area contributed by atoms with E-state index in [0.29, 0.717) is 11.9 Å². The van der Waals surface area contributed by atoms with Gasteiger partial charge in [0.05, 0.1) is 31.4 Å². The summed E-state index contributed by atoms with van der Waals surface area (Å²) in [5, 5.41) is 4.08. The smallest absolute Gasteiger partial charge is 0.261 e. The van der Waals surface area contributed by atoms with E-state index in [9.17, 15) is 4.79 Å². The zero-order chi connectivity index (χ0) is 19.1. The lowest BCUT2D eigenvalue weighted by atomic mass is 10.1. The van der Waals surface area contributed by atoms with E-state index in [-0.39, 0.29) is 5.56 Å². The zero-order valence-electron chi connectivity index (χ0n) is 15.8. The molecule has 6 heteroatoms. The van der Waals surface area contributed by atoms with Gasteiger partial charge in [-0.15, -0.1) is 0 Å². The van der Waals surface area contributed by atoms with E-state index in [2.05, 4.69) is 10.3 Å². The van der Waals surface area contributed by atoms with Crippen molar-refractivity contribution in [2.24, 2.45) is 0 Å². The van der Waals surface area contributed by atoms with Gasteiger partial charge in [-0.2, -0.15) is 0 Å². The molecule has 0 aliphatic heterocycles. The summed E-state index contributed by atoms with van der Waals surface area (Å²) >= 11 is 0. The normalized spacial score (nSPS) is 10.9. The number of hydrogen-bond donors (Lipinski definition) is 1. The fourth-order valence-electron chi connectivity index (χ4n) is 3.14. The molecule has 3 aromatic rings. The van der Waals surface area contributed by atoms with Gasteiger partial charge < -0.3 is 14.8 Å². The molecule has 6 nitrogen and oxygen atoms in total. The lowest BCUT2D eigenvalue weighted by Crippen LogP contribution is -2.24. The average molecular weight is 367 g/mol. The second-order valence-corrected chi connectivity index (χ2v) is 6.27. The van der Waals surface area contributed by atoms with Gasteiger partial charge in [0, 0.05) is 6.54 Å². The van der Waals surface area contributed by atoms with Crippen molar-refractivity contribution in [3.63, 3.8) is 0 Å². The van der Waals surface area contributed by atoms with E-state index in [1.807, 2.05) is 42.5 Å². The van der Waals surface area contributed by atoms with Crippen molar-refractivity contribution >= 4 is 10.9 Å². The molecule has 0 bridgehead atoms. The molecule has 1 aromatic heterocycles. The first kappa shape index (κ1) is 18.9. The van der Waals surface area contributed by atoms with Gasteiger partial charge in [0.25, 0.3) is 5.56 Å². The Balaban J connectivity index is 1.48. The summed E-state index contributed by atoms with van der Waals surface area (Å²) in [5.74, 6) is 1.54. The molecule has 0 atom stereocenters. The minimum absolute atomic E-state index is 0.0155. The van der Waals surface area contributed by atoms with Crippen molar-refractivity contribution in [2.75, 3.05) is 27.3 Å². The van der Waals surface area contributed by atoms with Crippen LogP contribution in [-0.4, -0.2) is 36.9 Å². The van der Waals surface area contributed by atoms with Gasteiger partial charge in [-0.1, -0.05) is 24.3 Å². The summed E-state index contributed by atoms with van der Waals surface area (Å²) in [6, 6.07) is 13.3. The molecule has 0 aliphatic rings. The summed E-state index contributed by atoms with van der Waals surface area (Å²) in [6.07, 6.45) is 3.33. The molecule has 0 radical (unpaired) electrons. The number of methoxy groups -OCH3 is 2. The highest BCUT2D eigenvalue weighted by atomic mass is 16.5. The number of nitrogens with one attached hydrogen (secondary N) is 1. The lowest BCUT2D eigenvalue weighted by molar-refractivity contribution is 0.351. The molecule has 0 amide bonds. The minimum Gasteiger partial charge on any atom is -0.493 e. The van der Waals surface area contributed by atoms with Crippen molar-refractivity contribution in [1.82, 2.24) is 14.9 Å². The maximum absolute atomic E-state index is 12.4. The van der Waals surface area contributed by atoms with Crippen LogP contribution >= 0.6 is 0 Å². The molecule has 142 valence electrons. The van der Waals surface area contributed by atoms with Gasteiger partial charge in [-0.05, 0) is 49.7 Å². The first-order chi connectivity index (χ1) is 13.2. The number of benzene rings is 2. The maximum atomic E-state index is 12.4. The molecule has 0 aliphatic carbocycles. The lowest BCUT2D eigenvalue weighted by Gasteiger charge is -2.13. The Kier molecular flexibility index (Phi) is 6.44. The molecule has 0 spiro atoms. The van der Waals surface area contributed by atoms with Crippen LogP contribution in [0.1, 0.15) is 12.0 Å². The number of hydrogen-bond acceptors (Lipinski definition) is 5. The van der Waals surface area contributed by atoms with E-state index in [1.165, 1.54) is 0 Å². The van der Waals surface area contributed by atoms with Crippen LogP contribution in [0.4, 0.5) is 0 Å². The largest absolute Gasteiger partial charge is 0.493 e. The van der Waals surface area contributed by atoms with E-state index < -0.39 is 0 Å². The Hall–Kier alpha value is -2.86. The van der Waals surface area contributed by atoms with Gasteiger partial charge in [-0.3, -0.25) is 9.36 Å². The van der Waals surface area contributed by atoms with E-state index >= 15 is 0 Å². The molecular weight excluding hydrogens is 342 g/mol. The van der Waals surface area contributed by atoms with Crippen LogP contribution in [0.2, 0.25) is 0 Å². The first-order valence-corrected chi connectivity index (χ1v) is 9.09. The number of aromatic nitrogens is 2. The number of ether oxygens (including phenoxy) is 2. The molecular formula is C21H25N3O3. The van der Waals surface area contributed by atoms with Crippen LogP contribution in [0.15, 0.2) is 53.6 Å². The molecule has 0 saturated carbocycles. The third-order valence-corrected chi connectivity index (χ3v) is 4.54. The van der Waals surface area contributed by atoms with Gasteiger partial charge in [0.2, 0.25) is 0 Å². The summed E-state index contributed by atoms with van der Waals surface area (Å²) in [4.78, 5) is 16.8. The van der Waals surface area contributed by atoms with Crippen molar-refractivity contribution in [2.45, 2.75) is 19.4 Å². The highest BCUT2D eigenvalue weighted by Gasteiger charge is 2.08. The Morgan fingerprint density at radius 2 is 1.89 bits per heavy atom. The topological polar surface area (TPSA) is 65.4 Å². The predicted molar refractivity (Wildman–Crippen MR) is 107 cm³/mol. The van der Waals surface area contributed by atoms with Crippen LogP contribution < -0.4 is 20.3 Å². The number of fused-ring (bicyclic) bond motifs is 1. The third-order valence-electron chi connectivity index (χ3n) is 4.54. The van der Waals surface area contributed by atoms with Crippen LogP contribution in [0.5, 0.6) is 11.5 Å². The molecule has 1 heterocycles. The molecule has 0 fully saturated rings. The van der Waals surface area contributed by atoms with Gasteiger partial charge in [-0.25, -0.2) is 4.98 Å². The fourth-order valence-corrected chi connectivity index (χ4v) is 3.14. The van der Waals surface area contributed by atoms with Crippen LogP contribution in [0.25, 0.3) is 10.9 Å². The minimum atomic E-state index is 0.0155. The second-order valence-electron chi connectivity index (χ2n) is 6.27. The summed E-state index contributed by atoms with van der Waals surface area (Å²) in [5.41, 5.74) is 1.87. The maximum Gasteiger partial charge on any atom is 0.261 e. The predicted octanol–water partition coefficient (Wildman–Crippen LogP) is 2.64. The second kappa shape index (κ2) is 9.19. The molecule has 1 N–H and O–H groups in total. The van der Waals surface area contributed by atoms with Crippen molar-refractivity contribution in [3.8, 4) is 11.5 Å². The quantitative estimate of drug-likeness (QED) is 0.589. The molecule has 0 unspecified atom stereocenters. The van der Waals surface area contributed by atoms with Crippen LogP contribution in [-0.2, 0) is 13.0 Å². The Morgan fingerprint density at radius 3 is 2.70 bits per heavy atom. The zero-order valence-corrected chi connectivity index (χ0v) is 15.8. The third kappa shape index (κ3) is 4.46. The standard InChI is InChI=1S/C21H25N3O3/c1-26-19-10-5-7-16(20(19)27-2)11-13-22-12-6-14-24-15-23-18-9-4-3-8-17(18)21(24)25/h3-5,7-10,15,22H,6,11-14H2,1-2H3. The molecule has 27 heavy (non-hydrogen) atoms. The van der Waals surface area contributed by atoms with Gasteiger partial charge in [0.1, 0.15) is 0 Å². The number of para-hydroxylation sites is 2. The highest BCUT2D eigenvalue weighted by Crippen LogP contribution is 2.30. The van der Waals surface area contributed by atoms with Crippen LogP contribution in [0.3, 0.4) is 0 Å². The summed E-state index contributed by atoms with van der Waals surface area (Å²) < 4.78 is 12.5. The van der Waals surface area contributed by atoms with Crippen LogP contribution in [0, 0.1) is 0 Å². The highest BCUT2D eigenvalue weighted by molar-refractivity contribution is 5.76. The summed E-state index contributed by atoms with van der Waals surface area (Å²) in [7, 11) is 3.30. The molecule has 0 saturated heterocycles. The molecule has 2 aromatic carbocycles. The Bertz CT molecular complexity index is 953. The Morgan fingerprint density at radius 1 is 1.04 bits per heavy atom. The van der Waals surface area contributed by atoms with Gasteiger partial charge in [0.15, 0.2) is 11.5 Å². The van der Waals surface area contributed by atoms with Crippen molar-refractivity contribution < 1.29 is 9.47 Å². The Labute approximate surface area is 158 Å². The van der Waals surface area contributed by atoms with Crippen molar-refractivity contribution in [1.29, 1.82) is 0 Å². The van der Waals surface area contributed by atoms with Gasteiger partial charge >= 0.3 is 0 Å². The monoisotopic (exact) mass is 367 g/mol. The van der Waals surface area contributed by atoms with E-state index in [0.717, 1.165) is 48.5 Å². The SMILES string of the molecule is COc1cccc(CCNCCCn2cnc3ccccc3c2=O)c1OC. The summed E-state index contributed by atoms with van der Waals surface area (Å²) in [6.45, 7) is 2.30. The number of nitrogens with zero attached hydrogens (tertiary/aromatic N) is 2. The number of rotatable bonds is 9. The fraction of sp³-hybridized carbons (Fsp3) is 0.333. The first-order valence-electron chi connectivity index (χ1n) is 9.09. The average Bonchev–Trinajstić information content (AvgIpc) is 2.71.